The minimum Gasteiger partial charge on any atom is -0.464 e. The summed E-state index contributed by atoms with van der Waals surface area (Å²) in [6.45, 7) is 0.669. The highest BCUT2D eigenvalue weighted by atomic mass is 16.5. The summed E-state index contributed by atoms with van der Waals surface area (Å²) in [5, 5.41) is 3.15. The zero-order valence-electron chi connectivity index (χ0n) is 10.6. The molecular formula is C12H17N3O3. The van der Waals surface area contributed by atoms with E-state index in [0.717, 1.165) is 12.8 Å². The van der Waals surface area contributed by atoms with Crippen molar-refractivity contribution in [2.75, 3.05) is 26.1 Å². The molecule has 6 nitrogen and oxygen atoms in total. The van der Waals surface area contributed by atoms with E-state index in [0.29, 0.717) is 12.4 Å². The molecule has 1 aromatic rings. The predicted molar refractivity (Wildman–Crippen MR) is 65.5 cm³/mol. The van der Waals surface area contributed by atoms with Gasteiger partial charge in [0.1, 0.15) is 5.82 Å². The second-order valence-corrected chi connectivity index (χ2v) is 4.38. The van der Waals surface area contributed by atoms with Crippen molar-refractivity contribution in [1.29, 1.82) is 0 Å². The number of nitrogens with zero attached hydrogens (tertiary/aromatic N) is 2. The first-order chi connectivity index (χ1) is 8.69. The van der Waals surface area contributed by atoms with Gasteiger partial charge < -0.3 is 14.8 Å². The molecule has 1 aliphatic rings. The highest BCUT2D eigenvalue weighted by molar-refractivity contribution is 5.87. The first-order valence-electron chi connectivity index (χ1n) is 5.88. The highest BCUT2D eigenvalue weighted by Gasteiger charge is 2.36. The van der Waals surface area contributed by atoms with Gasteiger partial charge in [-0.25, -0.2) is 9.78 Å². The highest BCUT2D eigenvalue weighted by Crippen LogP contribution is 2.34. The second kappa shape index (κ2) is 5.30. The maximum Gasteiger partial charge on any atom is 0.358 e. The van der Waals surface area contributed by atoms with Crippen molar-refractivity contribution in [3.63, 3.8) is 0 Å². The number of hydrogen-bond acceptors (Lipinski definition) is 6. The molecular weight excluding hydrogens is 234 g/mol. The van der Waals surface area contributed by atoms with Crippen molar-refractivity contribution in [2.24, 2.45) is 0 Å². The van der Waals surface area contributed by atoms with Gasteiger partial charge in [-0.15, -0.1) is 0 Å². The van der Waals surface area contributed by atoms with Crippen LogP contribution in [0.15, 0.2) is 12.4 Å². The molecule has 1 N–H and O–H groups in total. The van der Waals surface area contributed by atoms with Crippen LogP contribution in [0.4, 0.5) is 5.82 Å². The monoisotopic (exact) mass is 251 g/mol. The van der Waals surface area contributed by atoms with Crippen molar-refractivity contribution in [2.45, 2.75) is 24.9 Å². The Balaban J connectivity index is 1.99. The van der Waals surface area contributed by atoms with E-state index in [1.165, 1.54) is 19.7 Å². The maximum atomic E-state index is 11.3. The van der Waals surface area contributed by atoms with Gasteiger partial charge in [-0.1, -0.05) is 0 Å². The summed E-state index contributed by atoms with van der Waals surface area (Å²) in [4.78, 5) is 19.4. The van der Waals surface area contributed by atoms with Gasteiger partial charge in [0.15, 0.2) is 5.69 Å². The molecule has 2 rings (SSSR count). The number of carbonyl (C=O) groups excluding carboxylic acids is 1. The number of nitrogens with one attached hydrogen (secondary N) is 1. The summed E-state index contributed by atoms with van der Waals surface area (Å²) in [5.41, 5.74) is 0.103. The normalized spacial score (nSPS) is 16.8. The van der Waals surface area contributed by atoms with Crippen molar-refractivity contribution < 1.29 is 14.3 Å². The van der Waals surface area contributed by atoms with Crippen molar-refractivity contribution in [1.82, 2.24) is 9.97 Å². The molecule has 0 unspecified atom stereocenters. The van der Waals surface area contributed by atoms with Gasteiger partial charge >= 0.3 is 5.97 Å². The van der Waals surface area contributed by atoms with E-state index in [1.54, 1.807) is 13.3 Å². The zero-order valence-corrected chi connectivity index (χ0v) is 10.6. The lowest BCUT2D eigenvalue weighted by atomic mass is 9.80. The van der Waals surface area contributed by atoms with Gasteiger partial charge in [0.2, 0.25) is 0 Å². The Morgan fingerprint density at radius 2 is 2.22 bits per heavy atom. The number of hydrogen-bond donors (Lipinski definition) is 1. The topological polar surface area (TPSA) is 73.3 Å². The Kier molecular flexibility index (Phi) is 3.76. The lowest BCUT2D eigenvalue weighted by Crippen LogP contribution is -2.45. The maximum absolute atomic E-state index is 11.3. The zero-order chi connectivity index (χ0) is 13.0. The van der Waals surface area contributed by atoms with Crippen LogP contribution in [0.1, 0.15) is 29.8 Å². The fourth-order valence-corrected chi connectivity index (χ4v) is 1.93. The van der Waals surface area contributed by atoms with Crippen LogP contribution in [-0.4, -0.2) is 42.3 Å². The molecule has 0 aromatic carbocycles. The van der Waals surface area contributed by atoms with E-state index < -0.39 is 5.97 Å². The van der Waals surface area contributed by atoms with Crippen LogP contribution in [0.5, 0.6) is 0 Å². The number of anilines is 1. The van der Waals surface area contributed by atoms with Gasteiger partial charge in [0.05, 0.1) is 25.1 Å². The van der Waals surface area contributed by atoms with Gasteiger partial charge in [0.25, 0.3) is 0 Å². The van der Waals surface area contributed by atoms with E-state index in [1.807, 2.05) is 0 Å². The summed E-state index contributed by atoms with van der Waals surface area (Å²) in [7, 11) is 3.04. The molecule has 0 saturated heterocycles. The van der Waals surface area contributed by atoms with Gasteiger partial charge in [-0.3, -0.25) is 4.98 Å². The van der Waals surface area contributed by atoms with E-state index in [9.17, 15) is 4.79 Å². The molecule has 0 radical (unpaired) electrons. The van der Waals surface area contributed by atoms with Crippen LogP contribution in [0.3, 0.4) is 0 Å². The number of rotatable bonds is 5. The fraction of sp³-hybridized carbons (Fsp3) is 0.583. The van der Waals surface area contributed by atoms with E-state index >= 15 is 0 Å². The average Bonchev–Trinajstić information content (AvgIpc) is 2.37. The van der Waals surface area contributed by atoms with Crippen molar-refractivity contribution >= 4 is 11.8 Å². The number of carbonyl (C=O) groups is 1. The standard InChI is InChI=1S/C12H17N3O3/c1-17-11(16)9-6-13-7-10(15-9)14-8-12(18-2)4-3-5-12/h6-7H,3-5,8H2,1-2H3,(H,14,15). The summed E-state index contributed by atoms with van der Waals surface area (Å²) in [5.74, 6) is 0.0671. The summed E-state index contributed by atoms with van der Waals surface area (Å²) < 4.78 is 10.1. The molecule has 98 valence electrons. The molecule has 0 spiro atoms. The number of esters is 1. The lowest BCUT2D eigenvalue weighted by Gasteiger charge is -2.40. The Morgan fingerprint density at radius 1 is 1.44 bits per heavy atom. The summed E-state index contributed by atoms with van der Waals surface area (Å²) >= 11 is 0. The van der Waals surface area contributed by atoms with E-state index in [4.69, 9.17) is 4.74 Å². The summed E-state index contributed by atoms with van der Waals surface area (Å²) in [6.07, 6.45) is 6.23. The van der Waals surface area contributed by atoms with Gasteiger partial charge in [-0.2, -0.15) is 0 Å². The minimum absolute atomic E-state index is 0.0943. The van der Waals surface area contributed by atoms with Gasteiger partial charge in [-0.05, 0) is 19.3 Å². The summed E-state index contributed by atoms with van der Waals surface area (Å²) in [6, 6.07) is 0. The number of aromatic nitrogens is 2. The fourth-order valence-electron chi connectivity index (χ4n) is 1.93. The van der Waals surface area contributed by atoms with E-state index in [2.05, 4.69) is 20.0 Å². The third-order valence-corrected chi connectivity index (χ3v) is 3.32. The van der Waals surface area contributed by atoms with Crippen LogP contribution in [-0.2, 0) is 9.47 Å². The van der Waals surface area contributed by atoms with Crippen LogP contribution >= 0.6 is 0 Å². The Bertz CT molecular complexity index is 427. The third-order valence-electron chi connectivity index (χ3n) is 3.32. The first-order valence-corrected chi connectivity index (χ1v) is 5.88. The van der Waals surface area contributed by atoms with Gasteiger partial charge in [0, 0.05) is 13.7 Å². The molecule has 6 heteroatoms. The Hall–Kier alpha value is -1.69. The van der Waals surface area contributed by atoms with Crippen molar-refractivity contribution in [3.05, 3.63) is 18.1 Å². The second-order valence-electron chi connectivity index (χ2n) is 4.38. The molecule has 1 heterocycles. The molecule has 1 saturated carbocycles. The predicted octanol–water partition coefficient (Wildman–Crippen LogP) is 1.24. The smallest absolute Gasteiger partial charge is 0.358 e. The lowest BCUT2D eigenvalue weighted by molar-refractivity contribution is -0.0601. The first kappa shape index (κ1) is 12.8. The van der Waals surface area contributed by atoms with Crippen LogP contribution in [0.25, 0.3) is 0 Å². The average molecular weight is 251 g/mol. The third kappa shape index (κ3) is 2.59. The Labute approximate surface area is 106 Å². The SMILES string of the molecule is COC(=O)c1cncc(NCC2(OC)CCC2)n1. The molecule has 0 bridgehead atoms. The van der Waals surface area contributed by atoms with E-state index in [-0.39, 0.29) is 11.3 Å². The molecule has 0 aliphatic heterocycles. The number of methoxy groups -OCH3 is 2. The molecule has 1 aliphatic carbocycles. The van der Waals surface area contributed by atoms with Crippen LogP contribution in [0, 0.1) is 0 Å². The molecule has 0 amide bonds. The molecule has 18 heavy (non-hydrogen) atoms. The molecule has 1 fully saturated rings. The molecule has 1 aromatic heterocycles. The van der Waals surface area contributed by atoms with Crippen LogP contribution in [0.2, 0.25) is 0 Å². The van der Waals surface area contributed by atoms with Crippen LogP contribution < -0.4 is 5.32 Å². The number of ether oxygens (including phenoxy) is 2. The molecule has 0 atom stereocenters. The quantitative estimate of drug-likeness (QED) is 0.794. The largest absolute Gasteiger partial charge is 0.464 e. The Morgan fingerprint density at radius 3 is 2.78 bits per heavy atom. The minimum atomic E-state index is -0.490. The van der Waals surface area contributed by atoms with Crippen molar-refractivity contribution in [3.8, 4) is 0 Å².